The number of aldehydes is 1. The third-order valence-electron chi connectivity index (χ3n) is 1.92. The summed E-state index contributed by atoms with van der Waals surface area (Å²) < 4.78 is 10.0. The summed E-state index contributed by atoms with van der Waals surface area (Å²) in [6.45, 7) is 2.30. The highest BCUT2D eigenvalue weighted by atomic mass is 16.5. The molecule has 0 amide bonds. The van der Waals surface area contributed by atoms with Crippen molar-refractivity contribution in [3.05, 3.63) is 42.0 Å². The molecule has 0 aliphatic heterocycles. The fourth-order valence-corrected chi connectivity index (χ4v) is 1.18. The second-order valence-electron chi connectivity index (χ2n) is 3.12. The van der Waals surface area contributed by atoms with Gasteiger partial charge in [-0.1, -0.05) is 12.1 Å². The Balaban J connectivity index is 2.45. The summed E-state index contributed by atoms with van der Waals surface area (Å²) in [4.78, 5) is 21.6. The first-order valence-corrected chi connectivity index (χ1v) is 5.28. The number of rotatable bonds is 6. The van der Waals surface area contributed by atoms with E-state index in [1.54, 1.807) is 37.3 Å². The predicted octanol–water partition coefficient (Wildman–Crippen LogP) is 2.00. The molecule has 1 rings (SSSR count). The lowest BCUT2D eigenvalue weighted by Crippen LogP contribution is -2.01. The molecule has 0 radical (unpaired) electrons. The predicted molar refractivity (Wildman–Crippen MR) is 63.1 cm³/mol. The molecule has 0 fully saturated rings. The molecule has 4 nitrogen and oxygen atoms in total. The van der Waals surface area contributed by atoms with Gasteiger partial charge in [0, 0.05) is 6.08 Å². The van der Waals surface area contributed by atoms with Crippen LogP contribution >= 0.6 is 0 Å². The van der Waals surface area contributed by atoms with Gasteiger partial charge in [0.25, 0.3) is 0 Å². The summed E-state index contributed by atoms with van der Waals surface area (Å²) in [5, 5.41) is 0. The van der Waals surface area contributed by atoms with Crippen LogP contribution in [-0.4, -0.2) is 25.5 Å². The fraction of sp³-hybridized carbons (Fsp3) is 0.231. The van der Waals surface area contributed by atoms with Gasteiger partial charge in [-0.25, -0.2) is 4.79 Å². The zero-order valence-corrected chi connectivity index (χ0v) is 9.59. The van der Waals surface area contributed by atoms with Crippen LogP contribution in [0.1, 0.15) is 17.3 Å². The standard InChI is InChI=1S/C13H14O4/c1-2-16-13(15)8-5-9-17-12-7-4-3-6-11(12)10-14/h3-8,10H,2,9H2,1H3/b8-5-. The van der Waals surface area contributed by atoms with E-state index in [-0.39, 0.29) is 6.61 Å². The van der Waals surface area contributed by atoms with Crippen LogP contribution in [0.4, 0.5) is 0 Å². The van der Waals surface area contributed by atoms with Crippen molar-refractivity contribution in [1.82, 2.24) is 0 Å². The average molecular weight is 234 g/mol. The molecular weight excluding hydrogens is 220 g/mol. The first kappa shape index (κ1) is 13.0. The van der Waals surface area contributed by atoms with Gasteiger partial charge in [-0.15, -0.1) is 0 Å². The number of esters is 1. The Morgan fingerprint density at radius 2 is 2.12 bits per heavy atom. The number of hydrogen-bond acceptors (Lipinski definition) is 4. The second kappa shape index (κ2) is 7.22. The Hall–Kier alpha value is -2.10. The molecule has 0 unspecified atom stereocenters. The summed E-state index contributed by atoms with van der Waals surface area (Å²) in [6, 6.07) is 6.89. The molecule has 0 bridgehead atoms. The lowest BCUT2D eigenvalue weighted by Gasteiger charge is -2.04. The van der Waals surface area contributed by atoms with E-state index in [1.165, 1.54) is 6.08 Å². The SMILES string of the molecule is CCOC(=O)/C=C\COc1ccccc1C=O. The number of para-hydroxylation sites is 1. The minimum absolute atomic E-state index is 0.212. The van der Waals surface area contributed by atoms with Crippen molar-refractivity contribution in [3.8, 4) is 5.75 Å². The minimum atomic E-state index is -0.403. The van der Waals surface area contributed by atoms with Gasteiger partial charge < -0.3 is 9.47 Å². The summed E-state index contributed by atoms with van der Waals surface area (Å²) in [5.41, 5.74) is 0.483. The van der Waals surface area contributed by atoms with Crippen molar-refractivity contribution in [2.24, 2.45) is 0 Å². The first-order chi connectivity index (χ1) is 8.27. The van der Waals surface area contributed by atoms with Crippen molar-refractivity contribution < 1.29 is 19.1 Å². The molecule has 0 aliphatic carbocycles. The number of ether oxygens (including phenoxy) is 2. The highest BCUT2D eigenvalue weighted by Crippen LogP contribution is 2.15. The summed E-state index contributed by atoms with van der Waals surface area (Å²) in [5.74, 6) is 0.0933. The molecule has 1 aromatic carbocycles. The number of carbonyl (C=O) groups is 2. The molecule has 0 heterocycles. The van der Waals surface area contributed by atoms with Gasteiger partial charge in [0.15, 0.2) is 6.29 Å². The van der Waals surface area contributed by atoms with E-state index >= 15 is 0 Å². The van der Waals surface area contributed by atoms with E-state index in [9.17, 15) is 9.59 Å². The maximum Gasteiger partial charge on any atom is 0.330 e. The van der Waals surface area contributed by atoms with E-state index in [0.29, 0.717) is 17.9 Å². The molecule has 1 aromatic rings. The van der Waals surface area contributed by atoms with Crippen molar-refractivity contribution >= 4 is 12.3 Å². The summed E-state index contributed by atoms with van der Waals surface area (Å²) >= 11 is 0. The van der Waals surface area contributed by atoms with Gasteiger partial charge in [-0.2, -0.15) is 0 Å². The van der Waals surface area contributed by atoms with Gasteiger partial charge in [-0.05, 0) is 25.1 Å². The molecule has 0 atom stereocenters. The van der Waals surface area contributed by atoms with Crippen LogP contribution in [0.25, 0.3) is 0 Å². The topological polar surface area (TPSA) is 52.6 Å². The highest BCUT2D eigenvalue weighted by molar-refractivity contribution is 5.82. The van der Waals surface area contributed by atoms with E-state index in [4.69, 9.17) is 9.47 Å². The number of benzene rings is 1. The average Bonchev–Trinajstić information content (AvgIpc) is 2.35. The largest absolute Gasteiger partial charge is 0.489 e. The molecular formula is C13H14O4. The van der Waals surface area contributed by atoms with Gasteiger partial charge in [0.2, 0.25) is 0 Å². The molecule has 0 spiro atoms. The van der Waals surface area contributed by atoms with Crippen molar-refractivity contribution in [1.29, 1.82) is 0 Å². The van der Waals surface area contributed by atoms with E-state index < -0.39 is 5.97 Å². The maximum absolute atomic E-state index is 11.0. The lowest BCUT2D eigenvalue weighted by atomic mass is 10.2. The maximum atomic E-state index is 11.0. The molecule has 0 saturated heterocycles. The van der Waals surface area contributed by atoms with Gasteiger partial charge in [-0.3, -0.25) is 4.79 Å². The smallest absolute Gasteiger partial charge is 0.330 e. The number of carbonyl (C=O) groups excluding carboxylic acids is 2. The molecule has 4 heteroatoms. The van der Waals surface area contributed by atoms with E-state index in [2.05, 4.69) is 0 Å². The third-order valence-corrected chi connectivity index (χ3v) is 1.92. The van der Waals surface area contributed by atoms with E-state index in [1.807, 2.05) is 0 Å². The molecule has 0 aliphatic rings. The zero-order valence-electron chi connectivity index (χ0n) is 9.59. The monoisotopic (exact) mass is 234 g/mol. The van der Waals surface area contributed by atoms with Crippen LogP contribution in [-0.2, 0) is 9.53 Å². The van der Waals surface area contributed by atoms with Crippen LogP contribution in [0.5, 0.6) is 5.75 Å². The van der Waals surface area contributed by atoms with E-state index in [0.717, 1.165) is 6.29 Å². The second-order valence-corrected chi connectivity index (χ2v) is 3.12. The van der Waals surface area contributed by atoms with Crippen molar-refractivity contribution in [3.63, 3.8) is 0 Å². The zero-order chi connectivity index (χ0) is 12.5. The summed E-state index contributed by atoms with van der Waals surface area (Å²) in [7, 11) is 0. The van der Waals surface area contributed by atoms with Crippen molar-refractivity contribution in [2.75, 3.05) is 13.2 Å². The highest BCUT2D eigenvalue weighted by Gasteiger charge is 1.99. The Morgan fingerprint density at radius 1 is 1.35 bits per heavy atom. The van der Waals surface area contributed by atoms with Crippen LogP contribution in [0, 0.1) is 0 Å². The minimum Gasteiger partial charge on any atom is -0.489 e. The Labute approximate surface area is 99.8 Å². The lowest BCUT2D eigenvalue weighted by molar-refractivity contribution is -0.137. The Morgan fingerprint density at radius 3 is 2.82 bits per heavy atom. The summed E-state index contributed by atoms with van der Waals surface area (Å²) in [6.07, 6.45) is 3.57. The molecule has 90 valence electrons. The van der Waals surface area contributed by atoms with Gasteiger partial charge in [0.1, 0.15) is 12.4 Å². The Bertz CT molecular complexity index is 410. The first-order valence-electron chi connectivity index (χ1n) is 5.28. The van der Waals surface area contributed by atoms with Crippen LogP contribution in [0.2, 0.25) is 0 Å². The van der Waals surface area contributed by atoms with Crippen LogP contribution in [0.3, 0.4) is 0 Å². The quantitative estimate of drug-likeness (QED) is 0.429. The molecule has 0 saturated carbocycles. The Kier molecular flexibility index (Phi) is 5.51. The van der Waals surface area contributed by atoms with Gasteiger partial charge in [0.05, 0.1) is 12.2 Å². The van der Waals surface area contributed by atoms with Gasteiger partial charge >= 0.3 is 5.97 Å². The number of hydrogen-bond donors (Lipinski definition) is 0. The molecule has 0 aromatic heterocycles. The molecule has 0 N–H and O–H groups in total. The normalized spacial score (nSPS) is 10.2. The molecule has 17 heavy (non-hydrogen) atoms. The third kappa shape index (κ3) is 4.51. The van der Waals surface area contributed by atoms with Crippen LogP contribution < -0.4 is 4.74 Å². The van der Waals surface area contributed by atoms with Crippen LogP contribution in [0.15, 0.2) is 36.4 Å². The fourth-order valence-electron chi connectivity index (χ4n) is 1.18. The van der Waals surface area contributed by atoms with Crippen molar-refractivity contribution in [2.45, 2.75) is 6.92 Å².